The first-order valence-corrected chi connectivity index (χ1v) is 13.2. The summed E-state index contributed by atoms with van der Waals surface area (Å²) in [6, 6.07) is 10.8. The molecule has 0 saturated carbocycles. The lowest BCUT2D eigenvalue weighted by atomic mass is 9.94. The first-order valence-electron chi connectivity index (χ1n) is 11.5. The molecule has 1 aliphatic rings. The van der Waals surface area contributed by atoms with Crippen LogP contribution < -0.4 is 10.1 Å². The van der Waals surface area contributed by atoms with Gasteiger partial charge in [-0.25, -0.2) is 12.8 Å². The highest BCUT2D eigenvalue weighted by Gasteiger charge is 2.29. The van der Waals surface area contributed by atoms with Crippen LogP contribution in [0.1, 0.15) is 38.3 Å². The number of hydrogen-bond donors (Lipinski definition) is 2. The van der Waals surface area contributed by atoms with E-state index in [1.807, 2.05) is 24.3 Å². The van der Waals surface area contributed by atoms with Crippen LogP contribution in [0.2, 0.25) is 0 Å². The minimum atomic E-state index is -3.84. The van der Waals surface area contributed by atoms with Gasteiger partial charge in [-0.1, -0.05) is 36.3 Å². The molecule has 2 amide bonds. The number of nitrogens with zero attached hydrogens (tertiary/aromatic N) is 2. The summed E-state index contributed by atoms with van der Waals surface area (Å²) in [5.74, 6) is 0.595. The van der Waals surface area contributed by atoms with E-state index in [1.54, 1.807) is 6.07 Å². The van der Waals surface area contributed by atoms with E-state index in [4.69, 9.17) is 6.42 Å². The van der Waals surface area contributed by atoms with E-state index in [2.05, 4.69) is 27.9 Å². The lowest BCUT2D eigenvalue weighted by Crippen LogP contribution is -2.51. The molecule has 0 aliphatic carbocycles. The molecule has 188 valence electrons. The molecule has 0 bridgehead atoms. The Morgan fingerprint density at radius 3 is 2.49 bits per heavy atom. The summed E-state index contributed by atoms with van der Waals surface area (Å²) in [5, 5.41) is 4.64. The Bertz CT molecular complexity index is 1220. The van der Waals surface area contributed by atoms with Crippen molar-refractivity contribution in [2.24, 2.45) is 5.92 Å². The molecule has 1 fully saturated rings. The van der Waals surface area contributed by atoms with Crippen molar-refractivity contribution in [1.29, 1.82) is 0 Å². The van der Waals surface area contributed by atoms with E-state index in [0.717, 1.165) is 16.0 Å². The molecular weight excluding hydrogens is 471 g/mol. The number of sulfonamides is 1. The number of carbonyl (C=O) groups excluding carboxylic acids is 2. The maximum absolute atomic E-state index is 14.2. The third kappa shape index (κ3) is 7.01. The Kier molecular flexibility index (Phi) is 8.83. The SMILES string of the molecule is C#CCNC(=O)CN(NS(=O)(=O)CC1CCN(C(C)c2ccc(F)c3ccccc23)CC1)C(C)=O. The largest absolute Gasteiger partial charge is 0.344 e. The van der Waals surface area contributed by atoms with Crippen molar-refractivity contribution in [3.8, 4) is 12.3 Å². The number of piperidine rings is 1. The topological polar surface area (TPSA) is 98.8 Å². The summed E-state index contributed by atoms with van der Waals surface area (Å²) in [4.78, 5) is 28.2. The molecule has 10 heteroatoms. The maximum Gasteiger partial charge on any atom is 0.242 e. The molecule has 2 N–H and O–H groups in total. The number of carbonyl (C=O) groups is 2. The molecule has 35 heavy (non-hydrogen) atoms. The third-order valence-electron chi connectivity index (χ3n) is 6.33. The minimum Gasteiger partial charge on any atom is -0.344 e. The van der Waals surface area contributed by atoms with Gasteiger partial charge in [0.25, 0.3) is 0 Å². The molecule has 3 rings (SSSR count). The van der Waals surface area contributed by atoms with Gasteiger partial charge in [-0.15, -0.1) is 11.3 Å². The molecule has 2 aromatic carbocycles. The van der Waals surface area contributed by atoms with E-state index >= 15 is 0 Å². The monoisotopic (exact) mass is 502 g/mol. The van der Waals surface area contributed by atoms with Crippen LogP contribution in [0, 0.1) is 24.1 Å². The molecule has 1 saturated heterocycles. The minimum absolute atomic E-state index is 0.0119. The number of fused-ring (bicyclic) bond motifs is 1. The van der Waals surface area contributed by atoms with Gasteiger partial charge in [0.15, 0.2) is 0 Å². The van der Waals surface area contributed by atoms with Crippen molar-refractivity contribution in [2.45, 2.75) is 32.7 Å². The predicted molar refractivity (Wildman–Crippen MR) is 133 cm³/mol. The Morgan fingerprint density at radius 2 is 1.86 bits per heavy atom. The highest BCUT2D eigenvalue weighted by atomic mass is 32.2. The Hall–Kier alpha value is -3.00. The summed E-state index contributed by atoms with van der Waals surface area (Å²) in [6.45, 7) is 4.17. The summed E-state index contributed by atoms with van der Waals surface area (Å²) < 4.78 is 39.6. The second-order valence-corrected chi connectivity index (χ2v) is 10.5. The van der Waals surface area contributed by atoms with Crippen molar-refractivity contribution in [2.75, 3.05) is 31.9 Å². The molecule has 1 aliphatic heterocycles. The lowest BCUT2D eigenvalue weighted by Gasteiger charge is -2.36. The zero-order valence-corrected chi connectivity index (χ0v) is 20.8. The normalized spacial score (nSPS) is 15.9. The van der Waals surface area contributed by atoms with Crippen LogP contribution in [0.25, 0.3) is 10.8 Å². The number of terminal acetylenes is 1. The Balaban J connectivity index is 1.58. The second-order valence-electron chi connectivity index (χ2n) is 8.80. The smallest absolute Gasteiger partial charge is 0.242 e. The summed E-state index contributed by atoms with van der Waals surface area (Å²) in [5.41, 5.74) is 1.04. The van der Waals surface area contributed by atoms with Crippen LogP contribution in [-0.4, -0.2) is 62.1 Å². The van der Waals surface area contributed by atoms with E-state index in [-0.39, 0.29) is 30.1 Å². The number of hydrazine groups is 1. The van der Waals surface area contributed by atoms with Crippen LogP contribution >= 0.6 is 0 Å². The molecule has 1 atom stereocenters. The Morgan fingerprint density at radius 1 is 1.20 bits per heavy atom. The number of rotatable bonds is 9. The third-order valence-corrected chi connectivity index (χ3v) is 7.73. The molecule has 2 aromatic rings. The van der Waals surface area contributed by atoms with Crippen LogP contribution in [0.15, 0.2) is 36.4 Å². The predicted octanol–water partition coefficient (Wildman–Crippen LogP) is 2.18. The Labute approximate surface area is 205 Å². The van der Waals surface area contributed by atoms with Gasteiger partial charge < -0.3 is 5.32 Å². The fourth-order valence-electron chi connectivity index (χ4n) is 4.43. The average Bonchev–Trinajstić information content (AvgIpc) is 2.82. The number of nitrogens with one attached hydrogen (secondary N) is 2. The second kappa shape index (κ2) is 11.6. The average molecular weight is 503 g/mol. The fourth-order valence-corrected chi connectivity index (χ4v) is 5.98. The first-order chi connectivity index (χ1) is 16.6. The van der Waals surface area contributed by atoms with Crippen LogP contribution in [-0.2, 0) is 19.6 Å². The first kappa shape index (κ1) is 26.6. The van der Waals surface area contributed by atoms with E-state index < -0.39 is 28.4 Å². The van der Waals surface area contributed by atoms with Gasteiger partial charge in [0, 0.05) is 18.4 Å². The van der Waals surface area contributed by atoms with Gasteiger partial charge in [-0.3, -0.25) is 19.5 Å². The quantitative estimate of drug-likeness (QED) is 0.405. The highest BCUT2D eigenvalue weighted by molar-refractivity contribution is 7.89. The highest BCUT2D eigenvalue weighted by Crippen LogP contribution is 2.32. The summed E-state index contributed by atoms with van der Waals surface area (Å²) in [6.07, 6.45) is 6.41. The van der Waals surface area contributed by atoms with Crippen LogP contribution in [0.5, 0.6) is 0 Å². The van der Waals surface area contributed by atoms with Gasteiger partial charge in [-0.05, 0) is 55.8 Å². The van der Waals surface area contributed by atoms with Crippen molar-refractivity contribution in [3.05, 3.63) is 47.8 Å². The van der Waals surface area contributed by atoms with Gasteiger partial charge in [-0.2, -0.15) is 0 Å². The summed E-state index contributed by atoms with van der Waals surface area (Å²) in [7, 11) is -3.84. The molecule has 0 radical (unpaired) electrons. The van der Waals surface area contributed by atoms with E-state index in [1.165, 1.54) is 13.0 Å². The number of benzene rings is 2. The van der Waals surface area contributed by atoms with Crippen LogP contribution in [0.3, 0.4) is 0 Å². The number of likely N-dealkylation sites (tertiary alicyclic amines) is 1. The lowest BCUT2D eigenvalue weighted by molar-refractivity contribution is -0.135. The number of halogens is 1. The molecule has 0 aromatic heterocycles. The molecule has 8 nitrogen and oxygen atoms in total. The molecule has 0 spiro atoms. The van der Waals surface area contributed by atoms with Gasteiger partial charge in [0.05, 0.1) is 12.3 Å². The van der Waals surface area contributed by atoms with Gasteiger partial charge in [0.1, 0.15) is 12.4 Å². The summed E-state index contributed by atoms with van der Waals surface area (Å²) >= 11 is 0. The maximum atomic E-state index is 14.2. The number of hydrogen-bond acceptors (Lipinski definition) is 5. The molecule has 1 unspecified atom stereocenters. The van der Waals surface area contributed by atoms with Crippen molar-refractivity contribution >= 4 is 32.6 Å². The fraction of sp³-hybridized carbons (Fsp3) is 0.440. The van der Waals surface area contributed by atoms with E-state index in [9.17, 15) is 22.4 Å². The van der Waals surface area contributed by atoms with Crippen molar-refractivity contribution in [1.82, 2.24) is 20.1 Å². The van der Waals surface area contributed by atoms with Gasteiger partial charge in [0.2, 0.25) is 21.8 Å². The zero-order chi connectivity index (χ0) is 25.6. The van der Waals surface area contributed by atoms with Crippen LogP contribution in [0.4, 0.5) is 4.39 Å². The van der Waals surface area contributed by atoms with Crippen molar-refractivity contribution < 1.29 is 22.4 Å². The van der Waals surface area contributed by atoms with Crippen molar-refractivity contribution in [3.63, 3.8) is 0 Å². The van der Waals surface area contributed by atoms with E-state index in [0.29, 0.717) is 31.3 Å². The number of amides is 2. The molecular formula is C25H31FN4O4S. The standard InChI is InChI=1S/C25H31FN4O4S/c1-4-13-27-25(32)16-30(19(3)31)28-35(33,34)17-20-11-14-29(15-12-20)18(2)21-9-10-24(26)23-8-6-5-7-22(21)23/h1,5-10,18,20,28H,11-17H2,2-3H3,(H,27,32). The van der Waals surface area contributed by atoms with Gasteiger partial charge >= 0.3 is 0 Å². The molecule has 1 heterocycles. The zero-order valence-electron chi connectivity index (χ0n) is 20.0.